The van der Waals surface area contributed by atoms with Gasteiger partial charge >= 0.3 is 11.9 Å². The lowest BCUT2D eigenvalue weighted by Crippen LogP contribution is -2.40. The molecule has 0 spiro atoms. The van der Waals surface area contributed by atoms with Crippen molar-refractivity contribution in [3.05, 3.63) is 89.6 Å². The van der Waals surface area contributed by atoms with Crippen molar-refractivity contribution in [2.75, 3.05) is 13.7 Å². The van der Waals surface area contributed by atoms with Crippen LogP contribution in [0.5, 0.6) is 11.5 Å². The Bertz CT molecular complexity index is 1620. The third-order valence-electron chi connectivity index (χ3n) is 5.69. The monoisotopic (exact) mass is 554 g/mol. The molecule has 0 bridgehead atoms. The number of esters is 2. The van der Waals surface area contributed by atoms with Gasteiger partial charge in [-0.2, -0.15) is 0 Å². The minimum absolute atomic E-state index is 0.125. The molecule has 38 heavy (non-hydrogen) atoms. The summed E-state index contributed by atoms with van der Waals surface area (Å²) in [6.07, 6.45) is 1.74. The van der Waals surface area contributed by atoms with E-state index in [1.807, 2.05) is 19.9 Å². The fourth-order valence-corrected chi connectivity index (χ4v) is 5.30. The van der Waals surface area contributed by atoms with Gasteiger partial charge in [-0.15, -0.1) is 0 Å². The molecule has 0 saturated heterocycles. The highest BCUT2D eigenvalue weighted by molar-refractivity contribution is 7.07. The predicted molar refractivity (Wildman–Crippen MR) is 145 cm³/mol. The molecule has 4 rings (SSSR count). The van der Waals surface area contributed by atoms with E-state index in [2.05, 4.69) is 4.99 Å². The van der Waals surface area contributed by atoms with E-state index in [0.717, 1.165) is 5.56 Å². The number of carbonyl (C=O) groups excluding carboxylic acids is 2. The first-order valence-electron chi connectivity index (χ1n) is 11.9. The zero-order valence-electron chi connectivity index (χ0n) is 21.6. The molecule has 0 aliphatic carbocycles. The second-order valence-electron chi connectivity index (χ2n) is 9.13. The SMILES string of the molecule is COc1cc([C@H]2C(C(=O)OCC(C)C)=C(C)N=c3s/c(=C\c4cccc(Cl)c4)c(=O)n32)ccc1OC(C)=O. The van der Waals surface area contributed by atoms with Crippen molar-refractivity contribution in [2.24, 2.45) is 10.9 Å². The maximum absolute atomic E-state index is 13.8. The molecule has 1 aliphatic rings. The smallest absolute Gasteiger partial charge is 0.338 e. The number of nitrogens with zero attached hydrogens (tertiary/aromatic N) is 2. The van der Waals surface area contributed by atoms with Gasteiger partial charge in [0.15, 0.2) is 16.3 Å². The second-order valence-corrected chi connectivity index (χ2v) is 10.6. The lowest BCUT2D eigenvalue weighted by Gasteiger charge is -2.25. The van der Waals surface area contributed by atoms with E-state index >= 15 is 0 Å². The highest BCUT2D eigenvalue weighted by Gasteiger charge is 2.34. The van der Waals surface area contributed by atoms with Crippen molar-refractivity contribution >= 4 is 41.0 Å². The molecular formula is C28H27ClN2O6S. The Hall–Kier alpha value is -3.69. The zero-order valence-corrected chi connectivity index (χ0v) is 23.2. The maximum atomic E-state index is 13.8. The molecule has 10 heteroatoms. The Balaban J connectivity index is 1.93. The van der Waals surface area contributed by atoms with Crippen molar-refractivity contribution in [3.63, 3.8) is 0 Å². The number of hydrogen-bond acceptors (Lipinski definition) is 8. The van der Waals surface area contributed by atoms with E-state index in [1.54, 1.807) is 49.4 Å². The van der Waals surface area contributed by atoms with Crippen LogP contribution in [0.4, 0.5) is 0 Å². The molecule has 0 N–H and O–H groups in total. The van der Waals surface area contributed by atoms with Crippen LogP contribution in [-0.2, 0) is 14.3 Å². The molecule has 198 valence electrons. The van der Waals surface area contributed by atoms with Crippen molar-refractivity contribution in [1.29, 1.82) is 0 Å². The van der Waals surface area contributed by atoms with Gasteiger partial charge in [0, 0.05) is 11.9 Å². The van der Waals surface area contributed by atoms with Crippen LogP contribution in [-0.4, -0.2) is 30.2 Å². The molecule has 2 heterocycles. The zero-order chi connectivity index (χ0) is 27.6. The van der Waals surface area contributed by atoms with E-state index in [9.17, 15) is 14.4 Å². The van der Waals surface area contributed by atoms with E-state index in [1.165, 1.54) is 29.9 Å². The van der Waals surface area contributed by atoms with E-state index < -0.39 is 18.0 Å². The Labute approximate surface area is 228 Å². The fraction of sp³-hybridized carbons (Fsp3) is 0.286. The number of aromatic nitrogens is 1. The summed E-state index contributed by atoms with van der Waals surface area (Å²) in [4.78, 5) is 43.7. The van der Waals surface area contributed by atoms with E-state index in [4.69, 9.17) is 25.8 Å². The van der Waals surface area contributed by atoms with Crippen molar-refractivity contribution in [1.82, 2.24) is 4.57 Å². The Morgan fingerprint density at radius 1 is 1.18 bits per heavy atom. The summed E-state index contributed by atoms with van der Waals surface area (Å²) in [7, 11) is 1.45. The largest absolute Gasteiger partial charge is 0.493 e. The van der Waals surface area contributed by atoms with Gasteiger partial charge in [-0.1, -0.05) is 55.0 Å². The first-order valence-corrected chi connectivity index (χ1v) is 13.1. The average molecular weight is 555 g/mol. The number of carbonyl (C=O) groups is 2. The van der Waals surface area contributed by atoms with E-state index in [-0.39, 0.29) is 35.2 Å². The summed E-state index contributed by atoms with van der Waals surface area (Å²) in [5, 5.41) is 0.551. The fourth-order valence-electron chi connectivity index (χ4n) is 4.06. The van der Waals surface area contributed by atoms with Gasteiger partial charge in [-0.3, -0.25) is 14.2 Å². The summed E-state index contributed by atoms with van der Waals surface area (Å²) >= 11 is 7.35. The first kappa shape index (κ1) is 27.3. The summed E-state index contributed by atoms with van der Waals surface area (Å²) in [6.45, 7) is 7.11. The minimum atomic E-state index is -0.840. The van der Waals surface area contributed by atoms with Crippen molar-refractivity contribution in [2.45, 2.75) is 33.7 Å². The highest BCUT2D eigenvalue weighted by atomic mass is 35.5. The lowest BCUT2D eigenvalue weighted by molar-refractivity contribution is -0.140. The summed E-state index contributed by atoms with van der Waals surface area (Å²) in [6, 6.07) is 11.2. The molecule has 0 fully saturated rings. The highest BCUT2D eigenvalue weighted by Crippen LogP contribution is 2.36. The Morgan fingerprint density at radius 3 is 2.61 bits per heavy atom. The number of methoxy groups -OCH3 is 1. The van der Waals surface area contributed by atoms with Crippen LogP contribution in [0.3, 0.4) is 0 Å². The molecule has 0 amide bonds. The summed E-state index contributed by atoms with van der Waals surface area (Å²) in [5.74, 6) is -0.429. The van der Waals surface area contributed by atoms with Crippen molar-refractivity contribution in [3.8, 4) is 11.5 Å². The van der Waals surface area contributed by atoms with Gasteiger partial charge in [-0.05, 0) is 54.3 Å². The van der Waals surface area contributed by atoms with Crippen LogP contribution in [0.1, 0.15) is 44.9 Å². The lowest BCUT2D eigenvalue weighted by atomic mass is 9.95. The minimum Gasteiger partial charge on any atom is -0.493 e. The summed E-state index contributed by atoms with van der Waals surface area (Å²) in [5.41, 5.74) is 1.71. The number of hydrogen-bond donors (Lipinski definition) is 0. The quantitative estimate of drug-likeness (QED) is 0.323. The first-order chi connectivity index (χ1) is 18.1. The molecule has 1 aromatic heterocycles. The standard InChI is InChI=1S/C28H27ClN2O6S/c1-15(2)14-36-27(34)24-16(3)30-28-31(26(33)23(38-28)12-18-7-6-8-20(29)11-18)25(24)19-9-10-21(37-17(4)32)22(13-19)35-5/h6-13,15,25H,14H2,1-5H3/b23-12-/t25-/m0/s1. The van der Waals surface area contributed by atoms with Gasteiger partial charge in [0.25, 0.3) is 5.56 Å². The third-order valence-corrected chi connectivity index (χ3v) is 6.91. The molecule has 0 saturated carbocycles. The number of ether oxygens (including phenoxy) is 3. The topological polar surface area (TPSA) is 96.2 Å². The van der Waals surface area contributed by atoms with Crippen LogP contribution in [0.25, 0.3) is 6.08 Å². The molecule has 0 radical (unpaired) electrons. The third kappa shape index (κ3) is 5.74. The predicted octanol–water partition coefficient (Wildman–Crippen LogP) is 4.02. The molecular weight excluding hydrogens is 528 g/mol. The molecule has 3 aromatic rings. The van der Waals surface area contributed by atoms with Gasteiger partial charge < -0.3 is 14.2 Å². The second kappa shape index (κ2) is 11.4. The number of benzene rings is 2. The molecule has 1 aliphatic heterocycles. The number of thiazole rings is 1. The Kier molecular flexibility index (Phi) is 8.18. The Morgan fingerprint density at radius 2 is 1.95 bits per heavy atom. The van der Waals surface area contributed by atoms with Gasteiger partial charge in [0.1, 0.15) is 0 Å². The van der Waals surface area contributed by atoms with Gasteiger partial charge in [-0.25, -0.2) is 9.79 Å². The number of rotatable bonds is 7. The molecule has 1 atom stereocenters. The van der Waals surface area contributed by atoms with Crippen LogP contribution in [0, 0.1) is 5.92 Å². The van der Waals surface area contributed by atoms with Crippen LogP contribution < -0.4 is 24.4 Å². The van der Waals surface area contributed by atoms with Crippen LogP contribution >= 0.6 is 22.9 Å². The molecule has 0 unspecified atom stereocenters. The molecule has 8 nitrogen and oxygen atoms in total. The maximum Gasteiger partial charge on any atom is 0.338 e. The normalized spacial score (nSPS) is 15.2. The molecule has 2 aromatic carbocycles. The van der Waals surface area contributed by atoms with E-state index in [0.29, 0.717) is 25.6 Å². The van der Waals surface area contributed by atoms with Crippen LogP contribution in [0.2, 0.25) is 5.02 Å². The number of halogens is 1. The van der Waals surface area contributed by atoms with Gasteiger partial charge in [0.2, 0.25) is 0 Å². The van der Waals surface area contributed by atoms with Crippen molar-refractivity contribution < 1.29 is 23.8 Å². The summed E-state index contributed by atoms with van der Waals surface area (Å²) < 4.78 is 18.2. The van der Waals surface area contributed by atoms with Crippen LogP contribution in [0.15, 0.2) is 63.5 Å². The number of fused-ring (bicyclic) bond motifs is 1. The van der Waals surface area contributed by atoms with Gasteiger partial charge in [0.05, 0.1) is 35.6 Å². The number of allylic oxidation sites excluding steroid dienone is 1. The average Bonchev–Trinajstić information content (AvgIpc) is 3.15.